The molecule has 0 atom stereocenters. The number of carbonyl (C=O) groups is 1. The summed E-state index contributed by atoms with van der Waals surface area (Å²) >= 11 is 0. The van der Waals surface area contributed by atoms with Gasteiger partial charge in [-0.15, -0.1) is 0 Å². The smallest absolute Gasteiger partial charge is 0.303 e. The molecule has 0 heterocycles. The third-order valence-corrected chi connectivity index (χ3v) is 3.75. The Morgan fingerprint density at radius 2 is 1.90 bits per heavy atom. The average molecular weight is 283 g/mol. The van der Waals surface area contributed by atoms with Gasteiger partial charge in [-0.3, -0.25) is 4.79 Å². The first kappa shape index (κ1) is 15.1. The van der Waals surface area contributed by atoms with Crippen molar-refractivity contribution in [3.8, 4) is 0 Å². The molecule has 0 fully saturated rings. The maximum absolute atomic E-state index is 10.6. The molecule has 3 heteroatoms. The zero-order chi connectivity index (χ0) is 15.2. The lowest BCUT2D eigenvalue weighted by atomic mass is 10.0. The Bertz CT molecular complexity index is 635. The van der Waals surface area contributed by atoms with Crippen molar-refractivity contribution in [2.75, 3.05) is 5.32 Å². The molecule has 0 aliphatic rings. The highest BCUT2D eigenvalue weighted by atomic mass is 16.4. The number of benzene rings is 2. The number of nitrogens with one attached hydrogen (secondary N) is 1. The minimum atomic E-state index is -0.760. The van der Waals surface area contributed by atoms with E-state index in [9.17, 15) is 4.79 Å². The van der Waals surface area contributed by atoms with E-state index in [1.54, 1.807) is 0 Å². The molecule has 2 aromatic rings. The summed E-state index contributed by atoms with van der Waals surface area (Å²) in [4.78, 5) is 10.6. The molecule has 3 nitrogen and oxygen atoms in total. The summed E-state index contributed by atoms with van der Waals surface area (Å²) in [6, 6.07) is 14.3. The van der Waals surface area contributed by atoms with E-state index in [-0.39, 0.29) is 6.42 Å². The number of carboxylic acids is 1. The molecule has 0 saturated heterocycles. The van der Waals surface area contributed by atoms with Gasteiger partial charge in [0.1, 0.15) is 0 Å². The standard InChI is InChI=1S/C18H21NO2/c1-13-5-3-7-16(14(13)2)12-19-17-8-4-6-15(11-17)9-10-18(20)21/h3-8,11,19H,9-10,12H2,1-2H3,(H,20,21). The van der Waals surface area contributed by atoms with Gasteiger partial charge in [0.05, 0.1) is 0 Å². The largest absolute Gasteiger partial charge is 0.481 e. The van der Waals surface area contributed by atoms with Gasteiger partial charge in [0, 0.05) is 18.7 Å². The zero-order valence-electron chi connectivity index (χ0n) is 12.5. The van der Waals surface area contributed by atoms with Crippen molar-refractivity contribution in [1.29, 1.82) is 0 Å². The normalized spacial score (nSPS) is 10.4. The molecule has 2 N–H and O–H groups in total. The lowest BCUT2D eigenvalue weighted by molar-refractivity contribution is -0.136. The fourth-order valence-corrected chi connectivity index (χ4v) is 2.29. The van der Waals surface area contributed by atoms with Gasteiger partial charge in [-0.05, 0) is 54.7 Å². The van der Waals surface area contributed by atoms with Gasteiger partial charge in [0.2, 0.25) is 0 Å². The highest BCUT2D eigenvalue weighted by Crippen LogP contribution is 2.17. The molecule has 0 amide bonds. The van der Waals surface area contributed by atoms with Crippen LogP contribution in [0.3, 0.4) is 0 Å². The summed E-state index contributed by atoms with van der Waals surface area (Å²) < 4.78 is 0. The van der Waals surface area contributed by atoms with E-state index >= 15 is 0 Å². The van der Waals surface area contributed by atoms with E-state index in [0.717, 1.165) is 17.8 Å². The summed E-state index contributed by atoms with van der Waals surface area (Å²) in [7, 11) is 0. The van der Waals surface area contributed by atoms with Crippen LogP contribution in [0.5, 0.6) is 0 Å². The van der Waals surface area contributed by atoms with E-state index in [1.807, 2.05) is 24.3 Å². The van der Waals surface area contributed by atoms with Gasteiger partial charge in [-0.2, -0.15) is 0 Å². The van der Waals surface area contributed by atoms with E-state index in [0.29, 0.717) is 6.42 Å². The molecule has 0 unspecified atom stereocenters. The van der Waals surface area contributed by atoms with Crippen LogP contribution in [0.2, 0.25) is 0 Å². The van der Waals surface area contributed by atoms with Crippen molar-refractivity contribution < 1.29 is 9.90 Å². The molecule has 2 rings (SSSR count). The van der Waals surface area contributed by atoms with Crippen molar-refractivity contribution in [3.63, 3.8) is 0 Å². The van der Waals surface area contributed by atoms with Crippen molar-refractivity contribution in [3.05, 3.63) is 64.7 Å². The Morgan fingerprint density at radius 3 is 2.67 bits per heavy atom. The number of aliphatic carboxylic acids is 1. The van der Waals surface area contributed by atoms with Gasteiger partial charge < -0.3 is 10.4 Å². The van der Waals surface area contributed by atoms with Gasteiger partial charge in [0.15, 0.2) is 0 Å². The van der Waals surface area contributed by atoms with Crippen LogP contribution in [0.4, 0.5) is 5.69 Å². The number of carboxylic acid groups (broad SMARTS) is 1. The van der Waals surface area contributed by atoms with Crippen LogP contribution in [-0.2, 0) is 17.8 Å². The summed E-state index contributed by atoms with van der Waals surface area (Å²) in [5, 5.41) is 12.1. The number of anilines is 1. The summed E-state index contributed by atoms with van der Waals surface area (Å²) in [5.74, 6) is -0.760. The van der Waals surface area contributed by atoms with Crippen LogP contribution in [0.25, 0.3) is 0 Å². The average Bonchev–Trinajstić information content (AvgIpc) is 2.47. The summed E-state index contributed by atoms with van der Waals surface area (Å²) in [6.45, 7) is 5.02. The lowest BCUT2D eigenvalue weighted by Crippen LogP contribution is -2.03. The molecule has 2 aromatic carbocycles. The first-order chi connectivity index (χ1) is 10.1. The molecule has 0 spiro atoms. The predicted octanol–water partition coefficient (Wildman–Crippen LogP) is 3.93. The second-order valence-electron chi connectivity index (χ2n) is 5.31. The van der Waals surface area contributed by atoms with Gasteiger partial charge in [-0.1, -0.05) is 30.3 Å². The molecular weight excluding hydrogens is 262 g/mol. The third-order valence-electron chi connectivity index (χ3n) is 3.75. The Balaban J connectivity index is 2.01. The molecule has 21 heavy (non-hydrogen) atoms. The SMILES string of the molecule is Cc1cccc(CNc2cccc(CCC(=O)O)c2)c1C. The number of rotatable bonds is 6. The van der Waals surface area contributed by atoms with Crippen LogP contribution in [0, 0.1) is 13.8 Å². The van der Waals surface area contributed by atoms with E-state index in [4.69, 9.17) is 5.11 Å². The lowest BCUT2D eigenvalue weighted by Gasteiger charge is -2.11. The highest BCUT2D eigenvalue weighted by Gasteiger charge is 2.02. The van der Waals surface area contributed by atoms with E-state index in [1.165, 1.54) is 16.7 Å². The number of aryl methyl sites for hydroxylation is 2. The van der Waals surface area contributed by atoms with E-state index in [2.05, 4.69) is 37.4 Å². The van der Waals surface area contributed by atoms with Crippen molar-refractivity contribution in [2.45, 2.75) is 33.2 Å². The van der Waals surface area contributed by atoms with Crippen LogP contribution in [-0.4, -0.2) is 11.1 Å². The first-order valence-electron chi connectivity index (χ1n) is 7.16. The summed E-state index contributed by atoms with van der Waals surface area (Å²) in [6.07, 6.45) is 0.731. The van der Waals surface area contributed by atoms with Crippen LogP contribution < -0.4 is 5.32 Å². The second-order valence-corrected chi connectivity index (χ2v) is 5.31. The van der Waals surface area contributed by atoms with Crippen LogP contribution in [0.15, 0.2) is 42.5 Å². The van der Waals surface area contributed by atoms with Crippen molar-refractivity contribution in [2.24, 2.45) is 0 Å². The highest BCUT2D eigenvalue weighted by molar-refractivity contribution is 5.67. The Hall–Kier alpha value is -2.29. The van der Waals surface area contributed by atoms with E-state index < -0.39 is 5.97 Å². The maximum atomic E-state index is 10.6. The molecular formula is C18H21NO2. The van der Waals surface area contributed by atoms with Crippen molar-refractivity contribution >= 4 is 11.7 Å². The maximum Gasteiger partial charge on any atom is 0.303 e. The molecule has 0 aliphatic carbocycles. The van der Waals surface area contributed by atoms with Gasteiger partial charge in [-0.25, -0.2) is 0 Å². The second kappa shape index (κ2) is 6.93. The fraction of sp³-hybridized carbons (Fsp3) is 0.278. The Kier molecular flexibility index (Phi) is 4.99. The zero-order valence-corrected chi connectivity index (χ0v) is 12.5. The minimum Gasteiger partial charge on any atom is -0.481 e. The fourth-order valence-electron chi connectivity index (χ4n) is 2.29. The van der Waals surface area contributed by atoms with Gasteiger partial charge in [0.25, 0.3) is 0 Å². The van der Waals surface area contributed by atoms with Crippen LogP contribution >= 0.6 is 0 Å². The first-order valence-corrected chi connectivity index (χ1v) is 7.16. The van der Waals surface area contributed by atoms with Gasteiger partial charge >= 0.3 is 5.97 Å². The summed E-state index contributed by atoms with van der Waals surface area (Å²) in [5.41, 5.74) is 5.96. The molecule has 110 valence electrons. The Morgan fingerprint density at radius 1 is 1.14 bits per heavy atom. The molecule has 0 radical (unpaired) electrons. The molecule has 0 aromatic heterocycles. The molecule has 0 aliphatic heterocycles. The van der Waals surface area contributed by atoms with Crippen LogP contribution in [0.1, 0.15) is 28.7 Å². The minimum absolute atomic E-state index is 0.167. The monoisotopic (exact) mass is 283 g/mol. The van der Waals surface area contributed by atoms with Crippen molar-refractivity contribution in [1.82, 2.24) is 0 Å². The number of hydrogen-bond acceptors (Lipinski definition) is 2. The number of hydrogen-bond donors (Lipinski definition) is 2. The molecule has 0 saturated carbocycles. The molecule has 0 bridgehead atoms. The predicted molar refractivity (Wildman–Crippen MR) is 85.6 cm³/mol. The third kappa shape index (κ3) is 4.35. The topological polar surface area (TPSA) is 49.3 Å². The Labute approximate surface area is 125 Å². The quantitative estimate of drug-likeness (QED) is 0.844.